The zero-order chi connectivity index (χ0) is 11.2. The van der Waals surface area contributed by atoms with Crippen molar-refractivity contribution < 1.29 is 0 Å². The largest absolute Gasteiger partial charge is 0.0683 e. The van der Waals surface area contributed by atoms with Crippen LogP contribution in [0.4, 0.5) is 0 Å². The van der Waals surface area contributed by atoms with Crippen LogP contribution in [0.3, 0.4) is 0 Å². The molecule has 1 atom stereocenters. The van der Waals surface area contributed by atoms with Gasteiger partial charge in [0.15, 0.2) is 0 Å². The molecule has 0 bridgehead atoms. The van der Waals surface area contributed by atoms with Gasteiger partial charge in [-0.3, -0.25) is 0 Å². The highest BCUT2D eigenvalue weighted by atomic mass is 14.3. The number of hydrogen-bond acceptors (Lipinski definition) is 0. The summed E-state index contributed by atoms with van der Waals surface area (Å²) in [6, 6.07) is 10.7. The highest BCUT2D eigenvalue weighted by Gasteiger charge is 2.20. The van der Waals surface area contributed by atoms with E-state index in [4.69, 9.17) is 0 Å². The van der Waals surface area contributed by atoms with Gasteiger partial charge in [0.05, 0.1) is 0 Å². The molecule has 0 saturated heterocycles. The minimum absolute atomic E-state index is 0.362. The molecule has 0 aliphatic carbocycles. The van der Waals surface area contributed by atoms with E-state index >= 15 is 0 Å². The van der Waals surface area contributed by atoms with Gasteiger partial charge in [-0.1, -0.05) is 71.9 Å². The Labute approximate surface area is 89.4 Å². The van der Waals surface area contributed by atoms with Gasteiger partial charge in [-0.25, -0.2) is 0 Å². The third kappa shape index (κ3) is 3.95. The fourth-order valence-electron chi connectivity index (χ4n) is 1.24. The van der Waals surface area contributed by atoms with E-state index in [9.17, 15) is 0 Å². The maximum absolute atomic E-state index is 2.29. The SMILES string of the molecule is CC.CC(c1ccccc1)C(C)(C)C. The fourth-order valence-corrected chi connectivity index (χ4v) is 1.24. The standard InChI is InChI=1S/C12H18.C2H6/c1-10(12(2,3)4)11-8-6-5-7-9-11;1-2/h5-10H,1-4H3;1-2H3. The summed E-state index contributed by atoms with van der Waals surface area (Å²) >= 11 is 0. The molecule has 0 fully saturated rings. The molecule has 80 valence electrons. The van der Waals surface area contributed by atoms with Crippen molar-refractivity contribution >= 4 is 0 Å². The zero-order valence-electron chi connectivity index (χ0n) is 10.5. The van der Waals surface area contributed by atoms with Crippen LogP contribution in [0.5, 0.6) is 0 Å². The molecule has 0 heterocycles. The Morgan fingerprint density at radius 1 is 0.929 bits per heavy atom. The predicted molar refractivity (Wildman–Crippen MR) is 65.7 cm³/mol. The summed E-state index contributed by atoms with van der Waals surface area (Å²) < 4.78 is 0. The normalized spacial score (nSPS) is 12.7. The van der Waals surface area contributed by atoms with Crippen LogP contribution in [0.25, 0.3) is 0 Å². The molecule has 14 heavy (non-hydrogen) atoms. The summed E-state index contributed by atoms with van der Waals surface area (Å²) in [5, 5.41) is 0. The summed E-state index contributed by atoms with van der Waals surface area (Å²) in [6.07, 6.45) is 0. The van der Waals surface area contributed by atoms with Gasteiger partial charge >= 0.3 is 0 Å². The molecule has 0 nitrogen and oxygen atoms in total. The molecule has 0 aliphatic rings. The van der Waals surface area contributed by atoms with Crippen LogP contribution >= 0.6 is 0 Å². The maximum atomic E-state index is 2.29. The number of benzene rings is 1. The summed E-state index contributed by atoms with van der Waals surface area (Å²) in [5.74, 6) is 0.624. The van der Waals surface area contributed by atoms with Gasteiger partial charge in [0.2, 0.25) is 0 Å². The first kappa shape index (κ1) is 13.2. The Balaban J connectivity index is 0.000000791. The van der Waals surface area contributed by atoms with Crippen molar-refractivity contribution in [1.29, 1.82) is 0 Å². The van der Waals surface area contributed by atoms with Crippen molar-refractivity contribution in [3.05, 3.63) is 35.9 Å². The van der Waals surface area contributed by atoms with Gasteiger partial charge in [0.1, 0.15) is 0 Å². The summed E-state index contributed by atoms with van der Waals surface area (Å²) in [6.45, 7) is 13.1. The Morgan fingerprint density at radius 3 is 1.71 bits per heavy atom. The van der Waals surface area contributed by atoms with Crippen LogP contribution in [0.15, 0.2) is 30.3 Å². The van der Waals surface area contributed by atoms with Crippen molar-refractivity contribution in [3.63, 3.8) is 0 Å². The predicted octanol–water partition coefficient (Wildman–Crippen LogP) is 4.86. The highest BCUT2D eigenvalue weighted by molar-refractivity contribution is 5.20. The summed E-state index contributed by atoms with van der Waals surface area (Å²) in [7, 11) is 0. The first-order valence-electron chi connectivity index (χ1n) is 5.57. The molecule has 0 heteroatoms. The quantitative estimate of drug-likeness (QED) is 0.596. The van der Waals surface area contributed by atoms with Crippen molar-refractivity contribution in [2.24, 2.45) is 5.41 Å². The maximum Gasteiger partial charge on any atom is -0.0142 e. The highest BCUT2D eigenvalue weighted by Crippen LogP contribution is 2.33. The molecule has 1 unspecified atom stereocenters. The molecule has 0 saturated carbocycles. The van der Waals surface area contributed by atoms with E-state index in [0.29, 0.717) is 11.3 Å². The lowest BCUT2D eigenvalue weighted by molar-refractivity contribution is 0.339. The molecule has 0 aromatic heterocycles. The topological polar surface area (TPSA) is 0 Å². The average molecular weight is 192 g/mol. The smallest absolute Gasteiger partial charge is 0.0142 e. The van der Waals surface area contributed by atoms with Gasteiger partial charge in [-0.05, 0) is 16.9 Å². The lowest BCUT2D eigenvalue weighted by atomic mass is 9.78. The summed E-state index contributed by atoms with van der Waals surface area (Å²) in [4.78, 5) is 0. The third-order valence-electron chi connectivity index (χ3n) is 2.60. The lowest BCUT2D eigenvalue weighted by Gasteiger charge is -2.27. The van der Waals surface area contributed by atoms with E-state index < -0.39 is 0 Å². The van der Waals surface area contributed by atoms with Crippen LogP contribution in [0.2, 0.25) is 0 Å². The Kier molecular flexibility index (Phi) is 5.52. The number of rotatable bonds is 1. The lowest BCUT2D eigenvalue weighted by Crippen LogP contribution is -2.14. The molecule has 0 spiro atoms. The van der Waals surface area contributed by atoms with Crippen molar-refractivity contribution in [1.82, 2.24) is 0 Å². The van der Waals surface area contributed by atoms with Crippen LogP contribution in [0.1, 0.15) is 53.0 Å². The van der Waals surface area contributed by atoms with E-state index in [1.807, 2.05) is 13.8 Å². The zero-order valence-corrected chi connectivity index (χ0v) is 10.5. The molecule has 0 amide bonds. The first-order chi connectivity index (χ1) is 6.52. The molecule has 1 rings (SSSR count). The van der Waals surface area contributed by atoms with E-state index in [1.165, 1.54) is 5.56 Å². The molecular weight excluding hydrogens is 168 g/mol. The minimum atomic E-state index is 0.362. The van der Waals surface area contributed by atoms with Crippen molar-refractivity contribution in [2.45, 2.75) is 47.5 Å². The van der Waals surface area contributed by atoms with Gasteiger partial charge in [0.25, 0.3) is 0 Å². The van der Waals surface area contributed by atoms with Gasteiger partial charge < -0.3 is 0 Å². The molecule has 0 N–H and O–H groups in total. The van der Waals surface area contributed by atoms with Crippen LogP contribution in [-0.4, -0.2) is 0 Å². The van der Waals surface area contributed by atoms with Gasteiger partial charge in [0, 0.05) is 0 Å². The van der Waals surface area contributed by atoms with E-state index in [0.717, 1.165) is 0 Å². The average Bonchev–Trinajstić information content (AvgIpc) is 2.20. The van der Waals surface area contributed by atoms with Crippen molar-refractivity contribution in [2.75, 3.05) is 0 Å². The Bertz CT molecular complexity index is 228. The van der Waals surface area contributed by atoms with E-state index in [-0.39, 0.29) is 0 Å². The minimum Gasteiger partial charge on any atom is -0.0683 e. The summed E-state index contributed by atoms with van der Waals surface area (Å²) in [5.41, 5.74) is 1.80. The molecule has 1 aromatic carbocycles. The van der Waals surface area contributed by atoms with Gasteiger partial charge in [-0.2, -0.15) is 0 Å². The Morgan fingerprint density at radius 2 is 1.36 bits per heavy atom. The van der Waals surface area contributed by atoms with Gasteiger partial charge in [-0.15, -0.1) is 0 Å². The van der Waals surface area contributed by atoms with E-state index in [1.54, 1.807) is 0 Å². The molecule has 0 radical (unpaired) electrons. The Hall–Kier alpha value is -0.780. The molecular formula is C14H24. The van der Waals surface area contributed by atoms with Crippen LogP contribution < -0.4 is 0 Å². The third-order valence-corrected chi connectivity index (χ3v) is 2.60. The molecule has 1 aromatic rings. The van der Waals surface area contributed by atoms with Crippen LogP contribution in [0, 0.1) is 5.41 Å². The second kappa shape index (κ2) is 5.85. The molecule has 0 aliphatic heterocycles. The second-order valence-electron chi connectivity index (χ2n) is 4.50. The first-order valence-corrected chi connectivity index (χ1v) is 5.57. The fraction of sp³-hybridized carbons (Fsp3) is 0.571. The number of hydrogen-bond donors (Lipinski definition) is 0. The monoisotopic (exact) mass is 192 g/mol. The second-order valence-corrected chi connectivity index (χ2v) is 4.50. The van der Waals surface area contributed by atoms with Crippen LogP contribution in [-0.2, 0) is 0 Å². The van der Waals surface area contributed by atoms with E-state index in [2.05, 4.69) is 58.0 Å². The van der Waals surface area contributed by atoms with Crippen molar-refractivity contribution in [3.8, 4) is 0 Å².